The van der Waals surface area contributed by atoms with Crippen LogP contribution in [0.25, 0.3) is 0 Å². The van der Waals surface area contributed by atoms with E-state index in [2.05, 4.69) is 15.9 Å². The molecule has 1 atom stereocenters. The number of aliphatic hydroxyl groups excluding tert-OH is 1. The van der Waals surface area contributed by atoms with Crippen LogP contribution in [-0.2, 0) is 11.2 Å². The number of halogens is 1. The summed E-state index contributed by atoms with van der Waals surface area (Å²) in [6.07, 6.45) is 1.67. The summed E-state index contributed by atoms with van der Waals surface area (Å²) < 4.78 is 5.60. The van der Waals surface area contributed by atoms with Crippen LogP contribution in [0.2, 0.25) is 0 Å². The van der Waals surface area contributed by atoms with Gasteiger partial charge in [0, 0.05) is 17.0 Å². The summed E-state index contributed by atoms with van der Waals surface area (Å²) in [6, 6.07) is 15.5. The first-order valence-corrected chi connectivity index (χ1v) is 7.97. The van der Waals surface area contributed by atoms with Crippen molar-refractivity contribution in [2.75, 3.05) is 13.7 Å². The lowest BCUT2D eigenvalue weighted by Gasteiger charge is -2.15. The fourth-order valence-corrected chi connectivity index (χ4v) is 2.99. The van der Waals surface area contributed by atoms with E-state index < -0.39 is 0 Å². The van der Waals surface area contributed by atoms with Gasteiger partial charge >= 0.3 is 5.97 Å². The Balaban J connectivity index is 0.00000264. The Labute approximate surface area is 152 Å². The second kappa shape index (κ2) is 9.75. The minimum atomic E-state index is -0.343. The molecule has 23 heavy (non-hydrogen) atoms. The average molecular weight is 397 g/mol. The fourth-order valence-electron chi connectivity index (χ4n) is 2.41. The van der Waals surface area contributed by atoms with Crippen LogP contribution >= 0.6 is 29.4 Å². The maximum atomic E-state index is 11.5. The smallest absolute Gasteiger partial charge is 0.337 e. The van der Waals surface area contributed by atoms with E-state index in [0.717, 1.165) is 28.4 Å². The molecule has 0 saturated heterocycles. The standard InChI is InChI=1S/C18H19BrO3.H2S/c1-22-18(21)15-9-7-14(17(19)11-15)8-10-16(12-20)13-5-3-2-4-6-13;/h2-7,9,11,16,20H,8,10,12H2,1H3;1H2/t16-;/m1./s1. The van der Waals surface area contributed by atoms with E-state index in [1.807, 2.05) is 36.4 Å². The second-order valence-corrected chi connectivity index (χ2v) is 5.98. The van der Waals surface area contributed by atoms with E-state index in [0.29, 0.717) is 5.56 Å². The van der Waals surface area contributed by atoms with Crippen molar-refractivity contribution in [3.8, 4) is 0 Å². The number of carbonyl (C=O) groups is 1. The van der Waals surface area contributed by atoms with Crippen LogP contribution in [0.1, 0.15) is 33.8 Å². The summed E-state index contributed by atoms with van der Waals surface area (Å²) in [5, 5.41) is 9.60. The van der Waals surface area contributed by atoms with E-state index in [9.17, 15) is 9.90 Å². The Hall–Kier alpha value is -1.30. The number of esters is 1. The van der Waals surface area contributed by atoms with Crippen LogP contribution in [0, 0.1) is 0 Å². The molecule has 0 spiro atoms. The molecule has 1 N–H and O–H groups in total. The van der Waals surface area contributed by atoms with Gasteiger partial charge in [0.2, 0.25) is 0 Å². The van der Waals surface area contributed by atoms with E-state index >= 15 is 0 Å². The van der Waals surface area contributed by atoms with Gasteiger partial charge in [-0.25, -0.2) is 4.79 Å². The van der Waals surface area contributed by atoms with Crippen LogP contribution in [0.3, 0.4) is 0 Å². The number of methoxy groups -OCH3 is 1. The first-order valence-electron chi connectivity index (χ1n) is 7.18. The summed E-state index contributed by atoms with van der Waals surface area (Å²) in [7, 11) is 1.37. The van der Waals surface area contributed by atoms with Crippen LogP contribution in [0.5, 0.6) is 0 Å². The molecule has 0 amide bonds. The number of rotatable bonds is 6. The predicted octanol–water partition coefficient (Wildman–Crippen LogP) is 4.06. The third kappa shape index (κ3) is 5.37. The van der Waals surface area contributed by atoms with Gasteiger partial charge in [0.15, 0.2) is 0 Å². The highest BCUT2D eigenvalue weighted by molar-refractivity contribution is 9.10. The van der Waals surface area contributed by atoms with Gasteiger partial charge in [-0.1, -0.05) is 52.3 Å². The fraction of sp³-hybridized carbons (Fsp3) is 0.278. The van der Waals surface area contributed by atoms with Crippen molar-refractivity contribution in [2.45, 2.75) is 18.8 Å². The van der Waals surface area contributed by atoms with Gasteiger partial charge in [0.25, 0.3) is 0 Å². The Morgan fingerprint density at radius 2 is 1.91 bits per heavy atom. The monoisotopic (exact) mass is 396 g/mol. The van der Waals surface area contributed by atoms with Crippen molar-refractivity contribution in [1.29, 1.82) is 0 Å². The van der Waals surface area contributed by atoms with Gasteiger partial charge in [-0.15, -0.1) is 0 Å². The summed E-state index contributed by atoms with van der Waals surface area (Å²) in [4.78, 5) is 11.5. The third-order valence-corrected chi connectivity index (χ3v) is 4.47. The Bertz CT molecular complexity index is 631. The highest BCUT2D eigenvalue weighted by atomic mass is 79.9. The van der Waals surface area contributed by atoms with Crippen LogP contribution in [-0.4, -0.2) is 24.8 Å². The van der Waals surface area contributed by atoms with Gasteiger partial charge in [0.1, 0.15) is 0 Å². The molecule has 0 saturated carbocycles. The molecular formula is C18H21BrO3S. The van der Waals surface area contributed by atoms with Crippen molar-refractivity contribution in [1.82, 2.24) is 0 Å². The van der Waals surface area contributed by atoms with E-state index in [1.165, 1.54) is 7.11 Å². The number of carbonyl (C=O) groups excluding carboxylic acids is 1. The molecule has 5 heteroatoms. The molecule has 0 radical (unpaired) electrons. The van der Waals surface area contributed by atoms with Crippen LogP contribution in [0.15, 0.2) is 53.0 Å². The zero-order valence-corrected chi connectivity index (χ0v) is 15.5. The second-order valence-electron chi connectivity index (χ2n) is 5.13. The van der Waals surface area contributed by atoms with Crippen molar-refractivity contribution in [2.24, 2.45) is 0 Å². The van der Waals surface area contributed by atoms with Gasteiger partial charge in [-0.2, -0.15) is 13.5 Å². The number of hydrogen-bond donors (Lipinski definition) is 1. The molecule has 3 nitrogen and oxygen atoms in total. The lowest BCUT2D eigenvalue weighted by atomic mass is 9.93. The van der Waals surface area contributed by atoms with Crippen LogP contribution in [0.4, 0.5) is 0 Å². The maximum absolute atomic E-state index is 11.5. The predicted molar refractivity (Wildman–Crippen MR) is 100 cm³/mol. The van der Waals surface area contributed by atoms with Crippen molar-refractivity contribution < 1.29 is 14.6 Å². The zero-order valence-electron chi connectivity index (χ0n) is 13.0. The lowest BCUT2D eigenvalue weighted by Crippen LogP contribution is -2.06. The molecule has 2 aromatic carbocycles. The average Bonchev–Trinajstić information content (AvgIpc) is 2.56. The Morgan fingerprint density at radius 1 is 1.22 bits per heavy atom. The number of hydrogen-bond acceptors (Lipinski definition) is 3. The molecular weight excluding hydrogens is 376 g/mol. The molecule has 0 unspecified atom stereocenters. The Morgan fingerprint density at radius 3 is 2.48 bits per heavy atom. The summed E-state index contributed by atoms with van der Waals surface area (Å²) >= 11 is 3.50. The SMILES string of the molecule is COC(=O)c1ccc(CC[C@H](CO)c2ccccc2)c(Br)c1.S. The lowest BCUT2D eigenvalue weighted by molar-refractivity contribution is 0.0600. The molecule has 0 aliphatic carbocycles. The highest BCUT2D eigenvalue weighted by Gasteiger charge is 2.13. The maximum Gasteiger partial charge on any atom is 0.337 e. The van der Waals surface area contributed by atoms with Crippen molar-refractivity contribution in [3.63, 3.8) is 0 Å². The molecule has 0 aliphatic heterocycles. The molecule has 0 fully saturated rings. The minimum Gasteiger partial charge on any atom is -0.465 e. The Kier molecular flexibility index (Phi) is 8.37. The molecule has 0 bridgehead atoms. The number of aryl methyl sites for hydroxylation is 1. The molecule has 2 rings (SSSR count). The van der Waals surface area contributed by atoms with Crippen molar-refractivity contribution in [3.05, 3.63) is 69.7 Å². The number of aliphatic hydroxyl groups is 1. The van der Waals surface area contributed by atoms with Gasteiger partial charge < -0.3 is 9.84 Å². The number of benzene rings is 2. The number of ether oxygens (including phenoxy) is 1. The third-order valence-electron chi connectivity index (χ3n) is 3.73. The first kappa shape index (κ1) is 19.7. The molecule has 0 heterocycles. The molecule has 0 aromatic heterocycles. The van der Waals surface area contributed by atoms with E-state index in [1.54, 1.807) is 12.1 Å². The zero-order chi connectivity index (χ0) is 15.9. The quantitative estimate of drug-likeness (QED) is 0.748. The van der Waals surface area contributed by atoms with Crippen LogP contribution < -0.4 is 0 Å². The topological polar surface area (TPSA) is 46.5 Å². The molecule has 0 aliphatic rings. The molecule has 2 aromatic rings. The highest BCUT2D eigenvalue weighted by Crippen LogP contribution is 2.25. The van der Waals surface area contributed by atoms with E-state index in [4.69, 9.17) is 4.74 Å². The normalized spacial score (nSPS) is 11.4. The largest absolute Gasteiger partial charge is 0.465 e. The van der Waals surface area contributed by atoms with E-state index in [-0.39, 0.29) is 32.0 Å². The van der Waals surface area contributed by atoms with Crippen molar-refractivity contribution >= 4 is 35.4 Å². The summed E-state index contributed by atoms with van der Waals surface area (Å²) in [5.74, 6) is -0.224. The van der Waals surface area contributed by atoms with Gasteiger partial charge in [-0.05, 0) is 36.1 Å². The minimum absolute atomic E-state index is 0. The van der Waals surface area contributed by atoms with Gasteiger partial charge in [0.05, 0.1) is 12.7 Å². The molecule has 124 valence electrons. The van der Waals surface area contributed by atoms with Gasteiger partial charge in [-0.3, -0.25) is 0 Å². The summed E-state index contributed by atoms with van der Waals surface area (Å²) in [6.45, 7) is 0.127. The summed E-state index contributed by atoms with van der Waals surface area (Å²) in [5.41, 5.74) is 2.79. The first-order chi connectivity index (χ1) is 10.7.